The molecule has 1 amide bonds. The Kier molecular flexibility index (Phi) is 7.14. The molecule has 7 heteroatoms. The summed E-state index contributed by atoms with van der Waals surface area (Å²) in [6.45, 7) is 5.33. The van der Waals surface area contributed by atoms with Gasteiger partial charge in [0.1, 0.15) is 5.54 Å². The highest BCUT2D eigenvalue weighted by Gasteiger charge is 2.43. The molecule has 40 heavy (non-hydrogen) atoms. The Morgan fingerprint density at radius 1 is 1.25 bits per heavy atom. The lowest BCUT2D eigenvalue weighted by molar-refractivity contribution is -0.136. The van der Waals surface area contributed by atoms with Crippen molar-refractivity contribution in [2.75, 3.05) is 27.2 Å². The van der Waals surface area contributed by atoms with E-state index < -0.39 is 5.54 Å². The number of fused-ring (bicyclic) bond motifs is 2. The molecule has 0 spiro atoms. The van der Waals surface area contributed by atoms with Gasteiger partial charge in [0.25, 0.3) is 0 Å². The largest absolute Gasteiger partial charge is 0.361 e. The molecule has 0 radical (unpaired) electrons. The van der Waals surface area contributed by atoms with E-state index in [1.807, 2.05) is 37.1 Å². The van der Waals surface area contributed by atoms with Gasteiger partial charge in [-0.25, -0.2) is 0 Å². The summed E-state index contributed by atoms with van der Waals surface area (Å²) in [7, 11) is 3.98. The molecule has 1 fully saturated rings. The van der Waals surface area contributed by atoms with E-state index in [1.54, 1.807) is 0 Å². The Morgan fingerprint density at radius 2 is 2.05 bits per heavy atom. The molecule has 210 valence electrons. The van der Waals surface area contributed by atoms with Crippen LogP contribution < -0.4 is 5.32 Å². The Hall–Kier alpha value is -2.93. The van der Waals surface area contributed by atoms with E-state index in [4.69, 9.17) is 11.6 Å². The second-order valence-electron chi connectivity index (χ2n) is 11.7. The summed E-state index contributed by atoms with van der Waals surface area (Å²) in [6.07, 6.45) is 8.48. The lowest BCUT2D eigenvalue weighted by atomic mass is 9.75. The van der Waals surface area contributed by atoms with Gasteiger partial charge in [0.15, 0.2) is 5.78 Å². The smallest absolute Gasteiger partial charge is 0.231 e. The van der Waals surface area contributed by atoms with Crippen LogP contribution in [0.2, 0.25) is 5.02 Å². The standard InChI is InChI=1S/C33H39ClN4O2/c1-5-38(20(2)23-10-8-12-26(31(23)34)33(35-3)15-7-6-14-29(33)39)32(40)22-16-25-24-11-9-13-27-30(24)21(18-36-27)17-28(25)37(4)19-22/h8-13,16,18,20,22,28,35-36H,5-7,14-15,17,19H2,1-4H3/t20?,22-,28-,33?/m1/s1. The van der Waals surface area contributed by atoms with Crippen LogP contribution in [0.3, 0.4) is 0 Å². The molecule has 0 saturated heterocycles. The van der Waals surface area contributed by atoms with E-state index in [0.717, 1.165) is 42.3 Å². The summed E-state index contributed by atoms with van der Waals surface area (Å²) in [4.78, 5) is 35.1. The van der Waals surface area contributed by atoms with E-state index in [9.17, 15) is 9.59 Å². The number of hydrogen-bond acceptors (Lipinski definition) is 4. The van der Waals surface area contributed by atoms with Crippen molar-refractivity contribution in [2.24, 2.45) is 5.92 Å². The molecule has 2 aliphatic carbocycles. The molecule has 6 nitrogen and oxygen atoms in total. The number of hydrogen-bond donors (Lipinski definition) is 2. The minimum Gasteiger partial charge on any atom is -0.361 e. The summed E-state index contributed by atoms with van der Waals surface area (Å²) in [5.74, 6) is 0.0502. The minimum absolute atomic E-state index is 0.110. The van der Waals surface area contributed by atoms with Gasteiger partial charge in [0.2, 0.25) is 5.91 Å². The van der Waals surface area contributed by atoms with E-state index in [-0.39, 0.29) is 29.7 Å². The van der Waals surface area contributed by atoms with Crippen molar-refractivity contribution in [2.45, 2.75) is 63.6 Å². The van der Waals surface area contributed by atoms with Crippen LogP contribution in [-0.2, 0) is 21.5 Å². The average Bonchev–Trinajstić information content (AvgIpc) is 3.38. The monoisotopic (exact) mass is 558 g/mol. The van der Waals surface area contributed by atoms with Crippen molar-refractivity contribution in [3.05, 3.63) is 75.9 Å². The number of likely N-dealkylation sites (N-methyl/N-ethyl adjacent to an activating group) is 2. The Morgan fingerprint density at radius 3 is 2.80 bits per heavy atom. The quantitative estimate of drug-likeness (QED) is 0.398. The predicted octanol–water partition coefficient (Wildman–Crippen LogP) is 5.86. The molecule has 2 heterocycles. The number of nitrogens with zero attached hydrogens (tertiary/aromatic N) is 2. The van der Waals surface area contributed by atoms with Gasteiger partial charge < -0.3 is 15.2 Å². The van der Waals surface area contributed by atoms with Crippen LogP contribution in [0.4, 0.5) is 0 Å². The fourth-order valence-electron chi connectivity index (χ4n) is 7.52. The number of amides is 1. The second-order valence-corrected chi connectivity index (χ2v) is 12.1. The summed E-state index contributed by atoms with van der Waals surface area (Å²) >= 11 is 7.11. The predicted molar refractivity (Wildman–Crippen MR) is 161 cm³/mol. The maximum atomic E-state index is 14.2. The van der Waals surface area contributed by atoms with Gasteiger partial charge in [0, 0.05) is 42.7 Å². The van der Waals surface area contributed by atoms with E-state index in [0.29, 0.717) is 24.5 Å². The molecule has 1 aliphatic heterocycles. The number of nitrogens with one attached hydrogen (secondary N) is 2. The van der Waals surface area contributed by atoms with Crippen molar-refractivity contribution in [3.63, 3.8) is 0 Å². The number of ketones is 1. The van der Waals surface area contributed by atoms with Crippen LogP contribution in [0.15, 0.2) is 48.7 Å². The molecule has 1 saturated carbocycles. The second kappa shape index (κ2) is 10.5. The van der Waals surface area contributed by atoms with Crippen LogP contribution in [-0.4, -0.2) is 59.7 Å². The third-order valence-electron chi connectivity index (χ3n) is 9.72. The molecule has 2 N–H and O–H groups in total. The van der Waals surface area contributed by atoms with Crippen LogP contribution in [0.1, 0.15) is 67.8 Å². The summed E-state index contributed by atoms with van der Waals surface area (Å²) < 4.78 is 0. The average molecular weight is 559 g/mol. The summed E-state index contributed by atoms with van der Waals surface area (Å²) in [5, 5.41) is 5.19. The zero-order valence-electron chi connectivity index (χ0n) is 23.9. The van der Waals surface area contributed by atoms with Gasteiger partial charge in [-0.05, 0) is 81.1 Å². The number of aromatic nitrogens is 1. The summed E-state index contributed by atoms with van der Waals surface area (Å²) in [5.41, 5.74) is 5.92. The first-order valence-corrected chi connectivity index (χ1v) is 15.0. The highest BCUT2D eigenvalue weighted by Crippen LogP contribution is 2.43. The maximum Gasteiger partial charge on any atom is 0.231 e. The zero-order valence-corrected chi connectivity index (χ0v) is 24.6. The molecule has 2 aromatic carbocycles. The Labute approximate surface area is 241 Å². The molecule has 3 aliphatic rings. The van der Waals surface area contributed by atoms with Crippen LogP contribution in [0.25, 0.3) is 16.5 Å². The first-order valence-electron chi connectivity index (χ1n) is 14.6. The number of carbonyl (C=O) groups excluding carboxylic acids is 2. The van der Waals surface area contributed by atoms with Gasteiger partial charge in [-0.2, -0.15) is 0 Å². The van der Waals surface area contributed by atoms with Crippen LogP contribution >= 0.6 is 11.6 Å². The third-order valence-corrected chi connectivity index (χ3v) is 10.1. The maximum absolute atomic E-state index is 14.2. The van der Waals surface area contributed by atoms with Gasteiger partial charge in [0.05, 0.1) is 17.0 Å². The molecule has 1 aromatic heterocycles. The first kappa shape index (κ1) is 27.3. The lowest BCUT2D eigenvalue weighted by Gasteiger charge is -2.41. The van der Waals surface area contributed by atoms with Gasteiger partial charge in [-0.1, -0.05) is 54.4 Å². The fraction of sp³-hybridized carbons (Fsp3) is 0.455. The molecular weight excluding hydrogens is 520 g/mol. The number of carbonyl (C=O) groups is 2. The topological polar surface area (TPSA) is 68.4 Å². The molecule has 0 bridgehead atoms. The zero-order chi connectivity index (χ0) is 28.2. The third kappa shape index (κ3) is 4.15. The van der Waals surface area contributed by atoms with Crippen molar-refractivity contribution in [1.82, 2.24) is 20.1 Å². The van der Waals surface area contributed by atoms with E-state index >= 15 is 0 Å². The Balaban J connectivity index is 1.33. The van der Waals surface area contributed by atoms with Crippen LogP contribution in [0, 0.1) is 5.92 Å². The minimum atomic E-state index is -0.767. The highest BCUT2D eigenvalue weighted by molar-refractivity contribution is 6.32. The number of benzene rings is 2. The molecular formula is C33H39ClN4O2. The number of Topliss-reactive ketones (excluding diaryl/α,β-unsaturated/α-hetero) is 1. The SMILES string of the molecule is CCN(C(=O)[C@@H]1C=C2c3cccc4[nH]cc(c34)C[C@H]2N(C)C1)C(C)c1cccc(C2(NC)CCCCC2=O)c1Cl. The molecule has 6 rings (SSSR count). The first-order chi connectivity index (χ1) is 19.3. The molecule has 2 unspecified atom stereocenters. The normalized spacial score (nSPS) is 25.4. The van der Waals surface area contributed by atoms with Crippen molar-refractivity contribution in [1.29, 1.82) is 0 Å². The van der Waals surface area contributed by atoms with E-state index in [2.05, 4.69) is 59.6 Å². The van der Waals surface area contributed by atoms with Crippen molar-refractivity contribution < 1.29 is 9.59 Å². The number of rotatable bonds is 6. The molecule has 4 atom stereocenters. The van der Waals surface area contributed by atoms with Crippen molar-refractivity contribution in [3.8, 4) is 0 Å². The number of aromatic amines is 1. The fourth-order valence-corrected chi connectivity index (χ4v) is 7.97. The molecule has 3 aromatic rings. The van der Waals surface area contributed by atoms with Gasteiger partial charge in [-0.3, -0.25) is 14.5 Å². The Bertz CT molecular complexity index is 1510. The summed E-state index contributed by atoms with van der Waals surface area (Å²) in [6, 6.07) is 12.4. The van der Waals surface area contributed by atoms with Crippen LogP contribution in [0.5, 0.6) is 0 Å². The van der Waals surface area contributed by atoms with Gasteiger partial charge in [-0.15, -0.1) is 0 Å². The highest BCUT2D eigenvalue weighted by atomic mass is 35.5. The van der Waals surface area contributed by atoms with Gasteiger partial charge >= 0.3 is 0 Å². The van der Waals surface area contributed by atoms with Crippen molar-refractivity contribution >= 4 is 39.8 Å². The lowest BCUT2D eigenvalue weighted by Crippen LogP contribution is -2.49. The van der Waals surface area contributed by atoms with E-state index in [1.165, 1.54) is 22.1 Å². The number of H-pyrrole nitrogens is 1. The number of halogens is 1.